The Morgan fingerprint density at radius 3 is 2.88 bits per heavy atom. The second-order valence-corrected chi connectivity index (χ2v) is 6.14. The van der Waals surface area contributed by atoms with Crippen molar-refractivity contribution < 1.29 is 4.52 Å². The lowest BCUT2D eigenvalue weighted by Gasteiger charge is -2.33. The highest BCUT2D eigenvalue weighted by Crippen LogP contribution is 2.20. The molecule has 1 aliphatic heterocycles. The van der Waals surface area contributed by atoms with Crippen LogP contribution in [0.5, 0.6) is 0 Å². The summed E-state index contributed by atoms with van der Waals surface area (Å²) in [5, 5.41) is 7.54. The van der Waals surface area contributed by atoms with Gasteiger partial charge in [-0.2, -0.15) is 0 Å². The highest BCUT2D eigenvalue weighted by molar-refractivity contribution is 14.0. The SMILES string of the molecule is CN=C(NCc1cc(-c2ccccc2)on1)N1CCCC(C)C1.I. The number of halogens is 1. The second-order valence-electron chi connectivity index (χ2n) is 6.14. The van der Waals surface area contributed by atoms with Gasteiger partial charge in [-0.25, -0.2) is 0 Å². The Kier molecular flexibility index (Phi) is 7.08. The fourth-order valence-corrected chi connectivity index (χ4v) is 3.02. The number of nitrogens with zero attached hydrogens (tertiary/aromatic N) is 3. The molecule has 24 heavy (non-hydrogen) atoms. The first-order valence-corrected chi connectivity index (χ1v) is 8.23. The van der Waals surface area contributed by atoms with E-state index in [2.05, 4.69) is 27.3 Å². The second kappa shape index (κ2) is 9.05. The quantitative estimate of drug-likeness (QED) is 0.449. The summed E-state index contributed by atoms with van der Waals surface area (Å²) in [6.07, 6.45) is 2.53. The molecule has 1 unspecified atom stereocenters. The van der Waals surface area contributed by atoms with Crippen LogP contribution in [0.25, 0.3) is 11.3 Å². The van der Waals surface area contributed by atoms with Crippen LogP contribution in [0.3, 0.4) is 0 Å². The van der Waals surface area contributed by atoms with Crippen LogP contribution in [0, 0.1) is 5.92 Å². The summed E-state index contributed by atoms with van der Waals surface area (Å²) in [4.78, 5) is 6.73. The minimum absolute atomic E-state index is 0. The largest absolute Gasteiger partial charge is 0.356 e. The number of piperidine rings is 1. The fraction of sp³-hybridized carbons (Fsp3) is 0.444. The van der Waals surface area contributed by atoms with Crippen LogP contribution < -0.4 is 5.32 Å². The Labute approximate surface area is 160 Å². The van der Waals surface area contributed by atoms with Crippen molar-refractivity contribution in [2.24, 2.45) is 10.9 Å². The maximum Gasteiger partial charge on any atom is 0.193 e. The molecule has 6 heteroatoms. The number of hydrogen-bond acceptors (Lipinski definition) is 3. The first-order valence-electron chi connectivity index (χ1n) is 8.23. The molecular weight excluding hydrogens is 415 g/mol. The van der Waals surface area contributed by atoms with Crippen LogP contribution in [0.4, 0.5) is 0 Å². The summed E-state index contributed by atoms with van der Waals surface area (Å²) in [6.45, 7) is 5.04. The number of aliphatic imine (C=N–C) groups is 1. The van der Waals surface area contributed by atoms with E-state index in [1.54, 1.807) is 0 Å². The van der Waals surface area contributed by atoms with Gasteiger partial charge in [-0.1, -0.05) is 42.4 Å². The Hall–Kier alpha value is -1.57. The topological polar surface area (TPSA) is 53.7 Å². The monoisotopic (exact) mass is 440 g/mol. The lowest BCUT2D eigenvalue weighted by molar-refractivity contribution is 0.265. The number of nitrogens with one attached hydrogen (secondary N) is 1. The fourth-order valence-electron chi connectivity index (χ4n) is 3.02. The van der Waals surface area contributed by atoms with Gasteiger partial charge in [0.15, 0.2) is 11.7 Å². The molecule has 1 saturated heterocycles. The van der Waals surface area contributed by atoms with Crippen molar-refractivity contribution in [3.63, 3.8) is 0 Å². The molecule has 130 valence electrons. The van der Waals surface area contributed by atoms with E-state index in [1.807, 2.05) is 43.4 Å². The van der Waals surface area contributed by atoms with Gasteiger partial charge in [-0.05, 0) is 18.8 Å². The van der Waals surface area contributed by atoms with E-state index in [1.165, 1.54) is 12.8 Å². The van der Waals surface area contributed by atoms with E-state index in [0.717, 1.165) is 42.0 Å². The molecule has 0 saturated carbocycles. The number of hydrogen-bond donors (Lipinski definition) is 1. The van der Waals surface area contributed by atoms with Crippen LogP contribution in [0.1, 0.15) is 25.5 Å². The Bertz CT molecular complexity index is 656. The molecule has 0 aliphatic carbocycles. The van der Waals surface area contributed by atoms with Gasteiger partial charge in [0, 0.05) is 31.8 Å². The summed E-state index contributed by atoms with van der Waals surface area (Å²) in [5.41, 5.74) is 1.93. The normalized spacial score (nSPS) is 18.2. The molecule has 0 bridgehead atoms. The lowest BCUT2D eigenvalue weighted by Crippen LogP contribution is -2.45. The number of aromatic nitrogens is 1. The van der Waals surface area contributed by atoms with Crippen LogP contribution in [-0.4, -0.2) is 36.2 Å². The van der Waals surface area contributed by atoms with Crippen molar-refractivity contribution in [1.82, 2.24) is 15.4 Å². The summed E-state index contributed by atoms with van der Waals surface area (Å²) in [5.74, 6) is 2.46. The zero-order valence-corrected chi connectivity index (χ0v) is 16.6. The van der Waals surface area contributed by atoms with Gasteiger partial charge in [0.2, 0.25) is 0 Å². The number of guanidine groups is 1. The number of rotatable bonds is 3. The van der Waals surface area contributed by atoms with Crippen molar-refractivity contribution in [3.8, 4) is 11.3 Å². The number of benzene rings is 1. The van der Waals surface area contributed by atoms with E-state index in [0.29, 0.717) is 6.54 Å². The molecule has 0 amide bonds. The molecule has 5 nitrogen and oxygen atoms in total. The van der Waals surface area contributed by atoms with Crippen LogP contribution in [0.2, 0.25) is 0 Å². The zero-order chi connectivity index (χ0) is 16.1. The third kappa shape index (κ3) is 4.72. The van der Waals surface area contributed by atoms with E-state index < -0.39 is 0 Å². The van der Waals surface area contributed by atoms with Gasteiger partial charge < -0.3 is 14.7 Å². The summed E-state index contributed by atoms with van der Waals surface area (Å²) in [6, 6.07) is 12.0. The minimum atomic E-state index is 0. The average Bonchev–Trinajstić information content (AvgIpc) is 3.05. The van der Waals surface area contributed by atoms with Crippen molar-refractivity contribution in [2.45, 2.75) is 26.3 Å². The third-order valence-corrected chi connectivity index (χ3v) is 4.21. The molecule has 0 spiro atoms. The van der Waals surface area contributed by atoms with E-state index in [-0.39, 0.29) is 24.0 Å². The molecule has 1 N–H and O–H groups in total. The average molecular weight is 440 g/mol. The van der Waals surface area contributed by atoms with Gasteiger partial charge in [0.05, 0.1) is 6.54 Å². The summed E-state index contributed by atoms with van der Waals surface area (Å²) in [7, 11) is 1.83. The predicted octanol–water partition coefficient (Wildman–Crippen LogP) is 3.77. The van der Waals surface area contributed by atoms with E-state index >= 15 is 0 Å². The zero-order valence-electron chi connectivity index (χ0n) is 14.2. The van der Waals surface area contributed by atoms with E-state index in [9.17, 15) is 0 Å². The summed E-state index contributed by atoms with van der Waals surface area (Å²) >= 11 is 0. The van der Waals surface area contributed by atoms with Crippen LogP contribution >= 0.6 is 24.0 Å². The van der Waals surface area contributed by atoms with Crippen molar-refractivity contribution in [2.75, 3.05) is 20.1 Å². The van der Waals surface area contributed by atoms with Crippen LogP contribution in [-0.2, 0) is 6.54 Å². The molecule has 1 aliphatic rings. The van der Waals surface area contributed by atoms with Gasteiger partial charge in [-0.3, -0.25) is 4.99 Å². The smallest absolute Gasteiger partial charge is 0.193 e. The van der Waals surface area contributed by atoms with Crippen LogP contribution in [0.15, 0.2) is 45.9 Å². The molecule has 1 fully saturated rings. The van der Waals surface area contributed by atoms with Gasteiger partial charge in [0.25, 0.3) is 0 Å². The standard InChI is InChI=1S/C18H24N4O.HI/c1-14-7-6-10-22(13-14)18(19-2)20-12-16-11-17(23-21-16)15-8-4-3-5-9-15;/h3-5,8-9,11,14H,6-7,10,12-13H2,1-2H3,(H,19,20);1H. The maximum atomic E-state index is 5.44. The highest BCUT2D eigenvalue weighted by Gasteiger charge is 2.19. The summed E-state index contributed by atoms with van der Waals surface area (Å²) < 4.78 is 5.44. The third-order valence-electron chi connectivity index (χ3n) is 4.21. The predicted molar refractivity (Wildman–Crippen MR) is 108 cm³/mol. The first-order chi connectivity index (χ1) is 11.3. The molecule has 0 radical (unpaired) electrons. The van der Waals surface area contributed by atoms with E-state index in [4.69, 9.17) is 4.52 Å². The molecule has 1 aromatic heterocycles. The van der Waals surface area contributed by atoms with Gasteiger partial charge >= 0.3 is 0 Å². The highest BCUT2D eigenvalue weighted by atomic mass is 127. The molecule has 1 atom stereocenters. The molecule has 2 aromatic rings. The molecule has 1 aromatic carbocycles. The maximum absolute atomic E-state index is 5.44. The van der Waals surface area contributed by atoms with Gasteiger partial charge in [-0.15, -0.1) is 24.0 Å². The van der Waals surface area contributed by atoms with Crippen molar-refractivity contribution in [1.29, 1.82) is 0 Å². The number of likely N-dealkylation sites (tertiary alicyclic amines) is 1. The van der Waals surface area contributed by atoms with Gasteiger partial charge in [0.1, 0.15) is 5.69 Å². The first kappa shape index (κ1) is 18.8. The Morgan fingerprint density at radius 2 is 2.17 bits per heavy atom. The molecular formula is C18H25IN4O. The lowest BCUT2D eigenvalue weighted by atomic mass is 10.0. The van der Waals surface area contributed by atoms with Crippen molar-refractivity contribution >= 4 is 29.9 Å². The molecule has 2 heterocycles. The minimum Gasteiger partial charge on any atom is -0.356 e. The molecule has 3 rings (SSSR count). The Morgan fingerprint density at radius 1 is 1.38 bits per heavy atom. The van der Waals surface area contributed by atoms with Crippen molar-refractivity contribution in [3.05, 3.63) is 42.1 Å². The Balaban J connectivity index is 0.00000208.